The van der Waals surface area contributed by atoms with E-state index in [0.29, 0.717) is 0 Å². The SMILES string of the molecule is [O-][Cl+3]([O-])([O-])[O-].[O-][Cl+3]([O-])([O-])[O-].c1cc2[nH+]c(c1)CSc1nnc(s1)SCc1cccc([nH+]1)CSc1nnc(s1)SC2. The number of hydrogen-bond acceptors (Lipinski definition) is 18. The van der Waals surface area contributed by atoms with Crippen LogP contribution in [0.2, 0.25) is 0 Å². The van der Waals surface area contributed by atoms with Gasteiger partial charge in [-0.2, -0.15) is 0 Å². The first-order valence-electron chi connectivity index (χ1n) is 10.2. The molecule has 0 radical (unpaired) electrons. The van der Waals surface area contributed by atoms with Gasteiger partial charge in [0, 0.05) is 24.3 Å². The highest BCUT2D eigenvalue weighted by Crippen LogP contribution is 2.33. The number of H-pyrrole nitrogens is 2. The van der Waals surface area contributed by atoms with Gasteiger partial charge < -0.3 is 0 Å². The molecule has 0 atom stereocenters. The second-order valence-electron chi connectivity index (χ2n) is 6.98. The molecule has 8 bridgehead atoms. The summed E-state index contributed by atoms with van der Waals surface area (Å²) >= 11 is 10.2. The number of rotatable bonds is 0. The number of pyridine rings is 2. The van der Waals surface area contributed by atoms with Gasteiger partial charge in [-0.15, -0.1) is 40.9 Å². The van der Waals surface area contributed by atoms with Crippen molar-refractivity contribution in [1.82, 2.24) is 20.4 Å². The Morgan fingerprint density at radius 1 is 0.475 bits per heavy atom. The van der Waals surface area contributed by atoms with Gasteiger partial charge in [0.15, 0.2) is 40.1 Å². The maximum atomic E-state index is 8.49. The molecular weight excluding hydrogens is 692 g/mol. The van der Waals surface area contributed by atoms with E-state index in [-0.39, 0.29) is 0 Å². The van der Waals surface area contributed by atoms with E-state index in [4.69, 9.17) is 37.3 Å². The Morgan fingerprint density at radius 3 is 0.925 bits per heavy atom. The summed E-state index contributed by atoms with van der Waals surface area (Å²) < 4.78 is 71.9. The van der Waals surface area contributed by atoms with Gasteiger partial charge in [-0.3, -0.25) is 0 Å². The lowest BCUT2D eigenvalue weighted by atomic mass is 10.3. The topological polar surface area (TPSA) is 264 Å². The summed E-state index contributed by atoms with van der Waals surface area (Å²) in [6.45, 7) is 0. The second kappa shape index (κ2) is 16.1. The average Bonchev–Trinajstić information content (AvgIpc) is 3.51. The highest BCUT2D eigenvalue weighted by Gasteiger charge is 2.15. The van der Waals surface area contributed by atoms with Crippen molar-refractivity contribution in [2.75, 3.05) is 0 Å². The third-order valence-corrected chi connectivity index (χ3v) is 10.6. The van der Waals surface area contributed by atoms with E-state index < -0.39 is 20.5 Å². The van der Waals surface area contributed by atoms with Crippen molar-refractivity contribution < 1.29 is 67.7 Å². The molecule has 14 nitrogen and oxygen atoms in total. The van der Waals surface area contributed by atoms with Crippen molar-refractivity contribution in [2.45, 2.75) is 40.4 Å². The summed E-state index contributed by atoms with van der Waals surface area (Å²) in [4.78, 5) is 7.06. The van der Waals surface area contributed by atoms with Crippen LogP contribution in [0.25, 0.3) is 0 Å². The van der Waals surface area contributed by atoms with E-state index in [2.05, 4.69) is 66.8 Å². The van der Waals surface area contributed by atoms with Crippen molar-refractivity contribution in [3.63, 3.8) is 0 Å². The van der Waals surface area contributed by atoms with Gasteiger partial charge in [0.1, 0.15) is 0 Å². The third kappa shape index (κ3) is 14.8. The monoisotopic (exact) mass is 706 g/mol. The maximum absolute atomic E-state index is 8.49. The second-order valence-corrected chi connectivity index (χ2v) is 15.3. The molecule has 40 heavy (non-hydrogen) atoms. The molecule has 0 aliphatic carbocycles. The molecule has 0 saturated carbocycles. The number of nitrogens with zero attached hydrogens (tertiary/aromatic N) is 4. The highest BCUT2D eigenvalue weighted by molar-refractivity contribution is 8.03. The van der Waals surface area contributed by atoms with Crippen LogP contribution < -0.4 is 47.2 Å². The van der Waals surface area contributed by atoms with Crippen LogP contribution in [0.4, 0.5) is 0 Å². The first-order valence-corrected chi connectivity index (χ1v) is 18.3. The minimum Gasteiger partial charge on any atom is -0.222 e. The average molecular weight is 708 g/mol. The molecular formula is C18H16Cl2N6O8S6. The van der Waals surface area contributed by atoms with Gasteiger partial charge in [-0.25, -0.2) is 47.2 Å². The molecule has 0 unspecified atom stereocenters. The van der Waals surface area contributed by atoms with E-state index in [1.165, 1.54) is 22.8 Å². The molecule has 216 valence electrons. The van der Waals surface area contributed by atoms with Crippen LogP contribution in [0.15, 0.2) is 53.8 Å². The smallest absolute Gasteiger partial charge is 0.190 e. The van der Waals surface area contributed by atoms with Gasteiger partial charge >= 0.3 is 0 Å². The van der Waals surface area contributed by atoms with Crippen LogP contribution in [-0.2, 0) is 23.0 Å². The first kappa shape index (κ1) is 33.6. The van der Waals surface area contributed by atoms with E-state index in [9.17, 15) is 0 Å². The van der Waals surface area contributed by atoms with E-state index in [0.717, 1.165) is 40.4 Å². The Morgan fingerprint density at radius 2 is 0.700 bits per heavy atom. The summed E-state index contributed by atoms with van der Waals surface area (Å²) in [5.41, 5.74) is 4.71. The number of nitrogens with one attached hydrogen (secondary N) is 2. The molecule has 2 N–H and O–H groups in total. The minimum absolute atomic E-state index is 0.841. The molecule has 5 rings (SSSR count). The number of hydrogen-bond donors (Lipinski definition) is 0. The summed E-state index contributed by atoms with van der Waals surface area (Å²) in [6.07, 6.45) is 0. The number of halogens is 2. The quantitative estimate of drug-likeness (QED) is 0.166. The number of fused-ring (bicyclic) bond motifs is 8. The highest BCUT2D eigenvalue weighted by atomic mass is 35.7. The lowest BCUT2D eigenvalue weighted by molar-refractivity contribution is -2.00. The van der Waals surface area contributed by atoms with Gasteiger partial charge in [-0.05, 0) is 12.1 Å². The molecule has 1 aliphatic heterocycles. The van der Waals surface area contributed by atoms with Crippen molar-refractivity contribution in [3.8, 4) is 0 Å². The van der Waals surface area contributed by atoms with Crippen LogP contribution in [0.3, 0.4) is 0 Å². The fourth-order valence-corrected chi connectivity index (χ4v) is 8.39. The Hall–Kier alpha value is -0.920. The zero-order chi connectivity index (χ0) is 29.2. The minimum atomic E-state index is -4.94. The van der Waals surface area contributed by atoms with E-state index in [1.54, 1.807) is 69.7 Å². The van der Waals surface area contributed by atoms with E-state index in [1.807, 2.05) is 0 Å². The van der Waals surface area contributed by atoms with Crippen LogP contribution in [0.5, 0.6) is 0 Å². The number of aromatic nitrogens is 6. The first-order chi connectivity index (χ1) is 18.8. The molecule has 0 fully saturated rings. The lowest BCUT2D eigenvalue weighted by Gasteiger charge is -2.17. The number of thioether (sulfide) groups is 4. The molecule has 0 spiro atoms. The fraction of sp³-hybridized carbons (Fsp3) is 0.222. The summed E-state index contributed by atoms with van der Waals surface area (Å²) in [6, 6.07) is 12.7. The Kier molecular flexibility index (Phi) is 13.5. The molecule has 22 heteroatoms. The van der Waals surface area contributed by atoms with Crippen LogP contribution in [0.1, 0.15) is 22.8 Å². The predicted octanol–water partition coefficient (Wildman–Crippen LogP) is -5.01. The van der Waals surface area contributed by atoms with Gasteiger partial charge in [0.25, 0.3) is 0 Å². The van der Waals surface area contributed by atoms with Crippen LogP contribution in [-0.4, -0.2) is 20.4 Å². The molecule has 5 heterocycles. The van der Waals surface area contributed by atoms with Gasteiger partial charge in [-0.1, -0.05) is 69.7 Å². The molecule has 1 aliphatic rings. The molecule has 0 aromatic carbocycles. The standard InChI is InChI=1S/C18H14N6S6.2ClHO4/c1-3-11-7-25-15-21-23-17(29-15)27-9-13-5-2-6-14(20-13)10-28-18-24-22-16(30-18)26-8-12(4-1)19-11;2*2-1(3,4)5/h1-6H,7-10H2;2*(H,2,3,4,5). The van der Waals surface area contributed by atoms with Crippen molar-refractivity contribution in [2.24, 2.45) is 0 Å². The van der Waals surface area contributed by atoms with Crippen LogP contribution >= 0.6 is 69.7 Å². The normalized spacial score (nSPS) is 14.2. The molecule has 4 aromatic heterocycles. The molecule has 0 saturated heterocycles. The largest absolute Gasteiger partial charge is 0.222 e. The Bertz CT molecular complexity index is 1170. The van der Waals surface area contributed by atoms with Gasteiger partial charge in [0.2, 0.25) is 0 Å². The van der Waals surface area contributed by atoms with E-state index >= 15 is 0 Å². The fourth-order valence-electron chi connectivity index (χ4n) is 2.66. The summed E-state index contributed by atoms with van der Waals surface area (Å²) in [5, 5.41) is 17.4. The van der Waals surface area contributed by atoms with Gasteiger partial charge in [0.05, 0.1) is 23.0 Å². The summed E-state index contributed by atoms with van der Waals surface area (Å²) in [5.74, 6) is 3.36. The zero-order valence-electron chi connectivity index (χ0n) is 19.6. The van der Waals surface area contributed by atoms with Crippen molar-refractivity contribution >= 4 is 69.7 Å². The third-order valence-electron chi connectivity index (χ3n) is 4.01. The summed E-state index contributed by atoms with van der Waals surface area (Å²) in [7, 11) is -9.89. The zero-order valence-corrected chi connectivity index (χ0v) is 26.0. The Labute approximate surface area is 255 Å². The van der Waals surface area contributed by atoms with Crippen molar-refractivity contribution in [1.29, 1.82) is 0 Å². The lowest BCUT2D eigenvalue weighted by Crippen LogP contribution is -2.68. The molecule has 0 amide bonds. The van der Waals surface area contributed by atoms with Crippen LogP contribution in [0, 0.1) is 20.5 Å². The van der Waals surface area contributed by atoms with Crippen molar-refractivity contribution in [3.05, 3.63) is 59.2 Å². The molecule has 4 aromatic rings. The maximum Gasteiger partial charge on any atom is 0.190 e. The predicted molar refractivity (Wildman–Crippen MR) is 124 cm³/mol. The number of aromatic amines is 2. The Balaban J connectivity index is 0.000000381.